The van der Waals surface area contributed by atoms with Gasteiger partial charge < -0.3 is 9.47 Å². The second-order valence-electron chi connectivity index (χ2n) is 9.53. The van der Waals surface area contributed by atoms with E-state index in [-0.39, 0.29) is 11.6 Å². The van der Waals surface area contributed by atoms with Crippen molar-refractivity contribution in [1.82, 2.24) is 0 Å². The molecule has 0 aliphatic rings. The van der Waals surface area contributed by atoms with E-state index in [4.69, 9.17) is 9.47 Å². The molecule has 204 valence electrons. The van der Waals surface area contributed by atoms with Crippen molar-refractivity contribution in [1.29, 1.82) is 0 Å². The number of halogens is 2. The molecule has 0 saturated carbocycles. The first kappa shape index (κ1) is 28.1. The number of hydrogen-bond acceptors (Lipinski definition) is 4. The van der Waals surface area contributed by atoms with Crippen LogP contribution in [-0.2, 0) is 0 Å². The number of fused-ring (bicyclic) bond motifs is 1. The molecule has 0 heterocycles. The summed E-state index contributed by atoms with van der Waals surface area (Å²) in [5.41, 5.74) is 2.15. The summed E-state index contributed by atoms with van der Waals surface area (Å²) in [5, 5.41) is 1.46. The Morgan fingerprint density at radius 3 is 1.21 bits per heavy atom. The van der Waals surface area contributed by atoms with E-state index in [1.165, 1.54) is 0 Å². The van der Waals surface area contributed by atoms with Gasteiger partial charge in [0.2, 0.25) is 0 Å². The maximum absolute atomic E-state index is 13.6. The fraction of sp³-hybridized carbons (Fsp3) is 0. The van der Waals surface area contributed by atoms with Gasteiger partial charge in [0, 0.05) is 29.4 Å². The summed E-state index contributed by atoms with van der Waals surface area (Å²) in [6.45, 7) is 0. The number of carbonyl (C=O) groups excluding carboxylic acids is 2. The predicted molar refractivity (Wildman–Crippen MR) is 182 cm³/mol. The van der Waals surface area contributed by atoms with Crippen LogP contribution in [0.5, 0.6) is 23.0 Å². The minimum Gasteiger partial charge on any atom is -0.457 e. The Balaban J connectivity index is 1.24. The number of carbonyl (C=O) groups is 2. The molecule has 0 N–H and O–H groups in total. The molecule has 6 rings (SSSR count). The molecule has 0 aromatic heterocycles. The maximum Gasteiger partial charge on any atom is 0.193 e. The quantitative estimate of drug-likeness (QED) is 0.114. The van der Waals surface area contributed by atoms with Crippen molar-refractivity contribution in [2.45, 2.75) is 0 Å². The average molecular weight is 772 g/mol. The lowest BCUT2D eigenvalue weighted by Gasteiger charge is -2.12. The SMILES string of the molecule is O=C(c1ccc(Oc2cccc(I)c2)cc1)c1ccc(C(=O)c2ccc(Oc3cccc(I)c3)cc2)c2ccccc12. The number of ketones is 2. The molecule has 0 saturated heterocycles. The molecule has 0 radical (unpaired) electrons. The van der Waals surface area contributed by atoms with Gasteiger partial charge in [-0.2, -0.15) is 0 Å². The summed E-state index contributed by atoms with van der Waals surface area (Å²) in [6, 6.07) is 40.8. The van der Waals surface area contributed by atoms with E-state index in [1.54, 1.807) is 60.7 Å². The van der Waals surface area contributed by atoms with Gasteiger partial charge in [-0.3, -0.25) is 9.59 Å². The summed E-state index contributed by atoms with van der Waals surface area (Å²) in [5.74, 6) is 2.52. The van der Waals surface area contributed by atoms with E-state index in [0.29, 0.717) is 33.8 Å². The predicted octanol–water partition coefficient (Wildman–Crippen LogP) is 10.1. The van der Waals surface area contributed by atoms with Gasteiger partial charge in [0.15, 0.2) is 11.6 Å². The topological polar surface area (TPSA) is 52.6 Å². The van der Waals surface area contributed by atoms with Crippen molar-refractivity contribution < 1.29 is 19.1 Å². The first-order valence-corrected chi connectivity index (χ1v) is 15.3. The Morgan fingerprint density at radius 1 is 0.429 bits per heavy atom. The summed E-state index contributed by atoms with van der Waals surface area (Å²) in [4.78, 5) is 27.2. The highest BCUT2D eigenvalue weighted by atomic mass is 127. The molecule has 4 nitrogen and oxygen atoms in total. The summed E-state index contributed by atoms with van der Waals surface area (Å²) < 4.78 is 14.0. The molecule has 0 aliphatic carbocycles. The highest BCUT2D eigenvalue weighted by Gasteiger charge is 2.18. The summed E-state index contributed by atoms with van der Waals surface area (Å²) >= 11 is 4.48. The van der Waals surface area contributed by atoms with Crippen molar-refractivity contribution >= 4 is 67.5 Å². The Bertz CT molecular complexity index is 1790. The van der Waals surface area contributed by atoms with Crippen molar-refractivity contribution in [3.05, 3.63) is 163 Å². The fourth-order valence-electron chi connectivity index (χ4n) is 4.69. The molecule has 6 aromatic rings. The number of benzene rings is 6. The van der Waals surface area contributed by atoms with Crippen molar-refractivity contribution in [3.63, 3.8) is 0 Å². The van der Waals surface area contributed by atoms with Crippen LogP contribution in [0.4, 0.5) is 0 Å². The monoisotopic (exact) mass is 772 g/mol. The van der Waals surface area contributed by atoms with Crippen LogP contribution in [0.2, 0.25) is 0 Å². The van der Waals surface area contributed by atoms with Gasteiger partial charge in [-0.1, -0.05) is 36.4 Å². The standard InChI is InChI=1S/C36H22I2O4/c37-25-5-3-7-29(21-25)41-27-15-11-23(12-16-27)35(39)33-19-20-34(32-10-2-1-9-31(32)33)36(40)24-13-17-28(18-14-24)42-30-8-4-6-26(38)22-30/h1-22H. The van der Waals surface area contributed by atoms with Crippen LogP contribution in [-0.4, -0.2) is 11.6 Å². The lowest BCUT2D eigenvalue weighted by molar-refractivity contribution is 0.103. The average Bonchev–Trinajstić information content (AvgIpc) is 3.01. The van der Waals surface area contributed by atoms with E-state index < -0.39 is 0 Å². The first-order valence-electron chi connectivity index (χ1n) is 13.1. The zero-order valence-corrected chi connectivity index (χ0v) is 26.4. The van der Waals surface area contributed by atoms with Gasteiger partial charge in [-0.25, -0.2) is 0 Å². The van der Waals surface area contributed by atoms with Gasteiger partial charge in [-0.05, 0) is 153 Å². The number of ether oxygens (including phenoxy) is 2. The van der Waals surface area contributed by atoms with Crippen LogP contribution in [0, 0.1) is 7.14 Å². The second kappa shape index (κ2) is 12.5. The lowest BCUT2D eigenvalue weighted by atomic mass is 9.91. The van der Waals surface area contributed by atoms with E-state index >= 15 is 0 Å². The van der Waals surface area contributed by atoms with Gasteiger partial charge >= 0.3 is 0 Å². The van der Waals surface area contributed by atoms with Crippen molar-refractivity contribution in [3.8, 4) is 23.0 Å². The molecule has 6 heteroatoms. The van der Waals surface area contributed by atoms with Crippen LogP contribution >= 0.6 is 45.2 Å². The third-order valence-corrected chi connectivity index (χ3v) is 8.05. The molecule has 42 heavy (non-hydrogen) atoms. The zero-order chi connectivity index (χ0) is 29.1. The molecule has 0 atom stereocenters. The molecule has 0 spiro atoms. The Kier molecular flexibility index (Phi) is 8.34. The minimum atomic E-state index is -0.122. The molecule has 0 unspecified atom stereocenters. The zero-order valence-electron chi connectivity index (χ0n) is 22.1. The van der Waals surface area contributed by atoms with Gasteiger partial charge in [0.1, 0.15) is 23.0 Å². The van der Waals surface area contributed by atoms with Crippen LogP contribution in [0.15, 0.2) is 133 Å². The fourth-order valence-corrected chi connectivity index (χ4v) is 5.72. The Morgan fingerprint density at radius 2 is 0.833 bits per heavy atom. The highest BCUT2D eigenvalue weighted by Crippen LogP contribution is 2.30. The van der Waals surface area contributed by atoms with E-state index in [9.17, 15) is 9.59 Å². The van der Waals surface area contributed by atoms with Crippen molar-refractivity contribution in [2.24, 2.45) is 0 Å². The molecule has 0 aliphatic heterocycles. The van der Waals surface area contributed by atoms with Crippen LogP contribution < -0.4 is 9.47 Å². The molecular weight excluding hydrogens is 750 g/mol. The normalized spacial score (nSPS) is 10.8. The van der Waals surface area contributed by atoms with Crippen LogP contribution in [0.3, 0.4) is 0 Å². The third kappa shape index (κ3) is 6.24. The highest BCUT2D eigenvalue weighted by molar-refractivity contribution is 14.1. The molecule has 0 amide bonds. The van der Waals surface area contributed by atoms with E-state index in [0.717, 1.165) is 29.4 Å². The minimum absolute atomic E-state index is 0.122. The first-order chi connectivity index (χ1) is 20.4. The smallest absolute Gasteiger partial charge is 0.193 e. The van der Waals surface area contributed by atoms with Gasteiger partial charge in [-0.15, -0.1) is 0 Å². The van der Waals surface area contributed by atoms with E-state index in [1.807, 2.05) is 72.8 Å². The van der Waals surface area contributed by atoms with Crippen LogP contribution in [0.1, 0.15) is 31.8 Å². The van der Waals surface area contributed by atoms with Gasteiger partial charge in [0.05, 0.1) is 0 Å². The van der Waals surface area contributed by atoms with Crippen LogP contribution in [0.25, 0.3) is 10.8 Å². The molecule has 6 aromatic carbocycles. The van der Waals surface area contributed by atoms with E-state index in [2.05, 4.69) is 45.2 Å². The van der Waals surface area contributed by atoms with Crippen molar-refractivity contribution in [2.75, 3.05) is 0 Å². The summed E-state index contributed by atoms with van der Waals surface area (Å²) in [6.07, 6.45) is 0. The largest absolute Gasteiger partial charge is 0.457 e. The maximum atomic E-state index is 13.6. The second-order valence-corrected chi connectivity index (χ2v) is 12.0. The summed E-state index contributed by atoms with van der Waals surface area (Å²) in [7, 11) is 0. The number of hydrogen-bond donors (Lipinski definition) is 0. The Labute approximate surface area is 270 Å². The lowest BCUT2D eigenvalue weighted by Crippen LogP contribution is -2.06. The molecular formula is C36H22I2O4. The molecule has 0 bridgehead atoms. The Hall–Kier alpha value is -4.02. The number of rotatable bonds is 8. The molecule has 0 fully saturated rings. The third-order valence-electron chi connectivity index (χ3n) is 6.71. The van der Waals surface area contributed by atoms with Gasteiger partial charge in [0.25, 0.3) is 0 Å².